The Morgan fingerprint density at radius 2 is 0.816 bits per heavy atom. The molecule has 0 aromatic heterocycles. The topological polar surface area (TPSA) is 324 Å². The van der Waals surface area contributed by atoms with Crippen LogP contribution in [-0.4, -0.2) is 79.3 Å². The fourth-order valence-electron chi connectivity index (χ4n) is 5.09. The summed E-state index contributed by atoms with van der Waals surface area (Å²) in [5.41, 5.74) is 37.9. The number of guanidine groups is 3. The number of nitrogens with one attached hydrogen (secondary N) is 3. The number of carbonyl (C=O) groups is 4. The van der Waals surface area contributed by atoms with Gasteiger partial charge >= 0.3 is 0 Å². The quantitative estimate of drug-likeness (QED) is 0.0268. The normalized spacial score (nSPS) is 12.5. The number of primary amides is 1. The molecule has 0 heterocycles. The van der Waals surface area contributed by atoms with Gasteiger partial charge in [-0.25, -0.2) is 0 Å². The highest BCUT2D eigenvalue weighted by atomic mass is 16.2. The minimum absolute atomic E-state index is 0.0821. The van der Waals surface area contributed by atoms with E-state index in [-0.39, 0.29) is 69.1 Å². The molecule has 0 fully saturated rings. The van der Waals surface area contributed by atoms with E-state index in [1.807, 2.05) is 0 Å². The SMILES string of the molecule is CCCCCCCCCCCCCC(=O)N[C@@H](CCCN=C(N)N)C(=O)N[C@@H](CCCN=C(N)N)C(=O)N[C@@H](CCCN=C(N)N)C(N)=O. The molecule has 0 saturated carbocycles. The van der Waals surface area contributed by atoms with Gasteiger partial charge in [0.05, 0.1) is 0 Å². The van der Waals surface area contributed by atoms with E-state index in [9.17, 15) is 19.2 Å². The van der Waals surface area contributed by atoms with Gasteiger partial charge in [0.15, 0.2) is 17.9 Å². The second kappa shape index (κ2) is 28.7. The number of rotatable bonds is 30. The van der Waals surface area contributed by atoms with Crippen molar-refractivity contribution in [3.8, 4) is 0 Å². The molecule has 0 spiro atoms. The van der Waals surface area contributed by atoms with Crippen LogP contribution < -0.4 is 56.1 Å². The van der Waals surface area contributed by atoms with Gasteiger partial charge in [-0.1, -0.05) is 71.1 Å². The van der Waals surface area contributed by atoms with Crippen LogP contribution in [0.1, 0.15) is 122 Å². The van der Waals surface area contributed by atoms with E-state index in [1.54, 1.807) is 0 Å². The van der Waals surface area contributed by atoms with Crippen LogP contribution in [0.4, 0.5) is 0 Å². The first kappa shape index (κ1) is 44.7. The van der Waals surface area contributed by atoms with Gasteiger partial charge in [0.2, 0.25) is 23.6 Å². The van der Waals surface area contributed by atoms with Crippen LogP contribution >= 0.6 is 0 Å². The highest BCUT2D eigenvalue weighted by Gasteiger charge is 2.28. The van der Waals surface area contributed by atoms with Gasteiger partial charge in [0.1, 0.15) is 18.1 Å². The molecule has 4 amide bonds. The van der Waals surface area contributed by atoms with Gasteiger partial charge in [-0.05, 0) is 44.9 Å². The molecule has 0 saturated heterocycles. The van der Waals surface area contributed by atoms with Crippen molar-refractivity contribution < 1.29 is 19.2 Å². The lowest BCUT2D eigenvalue weighted by Gasteiger charge is -2.25. The van der Waals surface area contributed by atoms with Crippen molar-refractivity contribution in [2.75, 3.05) is 19.6 Å². The molecule has 0 unspecified atom stereocenters. The van der Waals surface area contributed by atoms with Crippen LogP contribution in [0.15, 0.2) is 15.0 Å². The molecular formula is C32H65N13O4. The van der Waals surface area contributed by atoms with Gasteiger partial charge in [0, 0.05) is 26.1 Å². The van der Waals surface area contributed by atoms with Gasteiger partial charge in [-0.3, -0.25) is 34.2 Å². The molecule has 0 aliphatic heterocycles. The summed E-state index contributed by atoms with van der Waals surface area (Å²) in [5.74, 6) is -2.50. The van der Waals surface area contributed by atoms with Crippen molar-refractivity contribution in [1.29, 1.82) is 0 Å². The Hall–Kier alpha value is -4.31. The fourth-order valence-corrected chi connectivity index (χ4v) is 5.09. The van der Waals surface area contributed by atoms with Crippen molar-refractivity contribution in [3.63, 3.8) is 0 Å². The molecule has 17 N–H and O–H groups in total. The third kappa shape index (κ3) is 26.3. The van der Waals surface area contributed by atoms with E-state index in [2.05, 4.69) is 37.9 Å². The average molecular weight is 696 g/mol. The van der Waals surface area contributed by atoms with Crippen LogP contribution in [0, 0.1) is 0 Å². The third-order valence-electron chi connectivity index (χ3n) is 7.79. The van der Waals surface area contributed by atoms with Crippen molar-refractivity contribution in [2.45, 2.75) is 141 Å². The Kier molecular flexibility index (Phi) is 26.2. The van der Waals surface area contributed by atoms with Gasteiger partial charge in [-0.2, -0.15) is 0 Å². The summed E-state index contributed by atoms with van der Waals surface area (Å²) in [4.78, 5) is 63.6. The van der Waals surface area contributed by atoms with Crippen LogP contribution in [0.2, 0.25) is 0 Å². The van der Waals surface area contributed by atoms with E-state index < -0.39 is 35.8 Å². The smallest absolute Gasteiger partial charge is 0.243 e. The molecule has 0 rings (SSSR count). The summed E-state index contributed by atoms with van der Waals surface area (Å²) in [5, 5.41) is 8.15. The number of hydrogen-bond donors (Lipinski definition) is 10. The summed E-state index contributed by atoms with van der Waals surface area (Å²) in [6.07, 6.45) is 14.6. The summed E-state index contributed by atoms with van der Waals surface area (Å²) in [6.45, 7) is 2.91. The first-order chi connectivity index (χ1) is 23.4. The zero-order valence-corrected chi connectivity index (χ0v) is 29.6. The molecule has 0 aliphatic carbocycles. The Balaban J connectivity index is 5.37. The van der Waals surface area contributed by atoms with E-state index in [0.717, 1.165) is 19.3 Å². The second-order valence-corrected chi connectivity index (χ2v) is 12.3. The molecule has 17 heteroatoms. The maximum absolute atomic E-state index is 13.5. The molecule has 17 nitrogen and oxygen atoms in total. The van der Waals surface area contributed by atoms with E-state index in [4.69, 9.17) is 40.1 Å². The number of nitrogens with zero attached hydrogens (tertiary/aromatic N) is 3. The number of amides is 4. The van der Waals surface area contributed by atoms with Crippen LogP contribution in [-0.2, 0) is 19.2 Å². The minimum Gasteiger partial charge on any atom is -0.370 e. The molecule has 0 radical (unpaired) electrons. The van der Waals surface area contributed by atoms with Gasteiger partial charge < -0.3 is 56.1 Å². The Bertz CT molecular complexity index is 1040. The summed E-state index contributed by atoms with van der Waals surface area (Å²) in [6, 6.07) is -3.06. The van der Waals surface area contributed by atoms with Crippen molar-refractivity contribution in [3.05, 3.63) is 0 Å². The molecular weight excluding hydrogens is 630 g/mol. The average Bonchev–Trinajstić information content (AvgIpc) is 3.03. The van der Waals surface area contributed by atoms with Crippen molar-refractivity contribution in [1.82, 2.24) is 16.0 Å². The highest BCUT2D eigenvalue weighted by molar-refractivity contribution is 5.94. The lowest BCUT2D eigenvalue weighted by atomic mass is 10.0. The first-order valence-corrected chi connectivity index (χ1v) is 17.7. The number of aliphatic imine (C=N–C) groups is 3. The molecule has 3 atom stereocenters. The standard InChI is InChI=1S/C32H65N13O4/c1-2-3-4-5-6-7-8-9-10-11-12-19-26(46)43-24(17-14-21-41-31(36)37)28(48)45-25(18-15-22-42-32(38)39)29(49)44-23(27(33)47)16-13-20-40-30(34)35/h23-25H,2-22H2,1H3,(H2,33,47)(H,43,46)(H,44,49)(H,45,48)(H4,34,35,40)(H4,36,37,41)(H4,38,39,42)/t23-,24-,25-/m0/s1. The lowest BCUT2D eigenvalue weighted by molar-refractivity contribution is -0.133. The van der Waals surface area contributed by atoms with Gasteiger partial charge in [0.25, 0.3) is 0 Å². The van der Waals surface area contributed by atoms with Crippen LogP contribution in [0.25, 0.3) is 0 Å². The number of hydrogen-bond acceptors (Lipinski definition) is 7. The molecule has 0 aromatic carbocycles. The summed E-state index contributed by atoms with van der Waals surface area (Å²) < 4.78 is 0. The van der Waals surface area contributed by atoms with E-state index in [0.29, 0.717) is 25.7 Å². The zero-order valence-electron chi connectivity index (χ0n) is 29.6. The Labute approximate surface area is 291 Å². The second-order valence-electron chi connectivity index (χ2n) is 12.3. The molecule has 0 aromatic rings. The third-order valence-corrected chi connectivity index (χ3v) is 7.79. The monoisotopic (exact) mass is 696 g/mol. The molecule has 0 aliphatic rings. The number of unbranched alkanes of at least 4 members (excludes halogenated alkanes) is 10. The molecule has 282 valence electrons. The maximum atomic E-state index is 13.5. The number of nitrogens with two attached hydrogens (primary N) is 7. The van der Waals surface area contributed by atoms with Crippen molar-refractivity contribution >= 4 is 41.5 Å². The highest BCUT2D eigenvalue weighted by Crippen LogP contribution is 2.12. The van der Waals surface area contributed by atoms with Crippen LogP contribution in [0.3, 0.4) is 0 Å². The van der Waals surface area contributed by atoms with E-state index in [1.165, 1.54) is 44.9 Å². The Morgan fingerprint density at radius 1 is 0.469 bits per heavy atom. The lowest BCUT2D eigenvalue weighted by Crippen LogP contribution is -2.56. The predicted octanol–water partition coefficient (Wildman–Crippen LogP) is -0.212. The minimum atomic E-state index is -1.08. The molecule has 49 heavy (non-hydrogen) atoms. The van der Waals surface area contributed by atoms with E-state index >= 15 is 0 Å². The maximum Gasteiger partial charge on any atom is 0.243 e. The van der Waals surface area contributed by atoms with Crippen molar-refractivity contribution in [2.24, 2.45) is 55.1 Å². The Morgan fingerprint density at radius 3 is 1.20 bits per heavy atom. The number of carbonyl (C=O) groups excluding carboxylic acids is 4. The summed E-state index contributed by atoms with van der Waals surface area (Å²) >= 11 is 0. The largest absolute Gasteiger partial charge is 0.370 e. The predicted molar refractivity (Wildman–Crippen MR) is 196 cm³/mol. The summed E-state index contributed by atoms with van der Waals surface area (Å²) in [7, 11) is 0. The first-order valence-electron chi connectivity index (χ1n) is 17.7. The van der Waals surface area contributed by atoms with Gasteiger partial charge in [-0.15, -0.1) is 0 Å². The fraction of sp³-hybridized carbons (Fsp3) is 0.781. The zero-order chi connectivity index (χ0) is 36.9. The molecule has 0 bridgehead atoms. The van der Waals surface area contributed by atoms with Crippen LogP contribution in [0.5, 0.6) is 0 Å².